The first-order valence-electron chi connectivity index (χ1n) is 6.89. The van der Waals surface area contributed by atoms with Crippen LogP contribution in [0.2, 0.25) is 0 Å². The van der Waals surface area contributed by atoms with Crippen molar-refractivity contribution in [3.05, 3.63) is 17.5 Å². The van der Waals surface area contributed by atoms with Crippen molar-refractivity contribution in [2.24, 2.45) is 0 Å². The molecule has 0 radical (unpaired) electrons. The molecule has 0 aliphatic rings. The molecular weight excluding hydrogens is 224 g/mol. The first-order valence-corrected chi connectivity index (χ1v) is 6.89. The van der Waals surface area contributed by atoms with Crippen LogP contribution in [0.15, 0.2) is 6.20 Å². The van der Waals surface area contributed by atoms with Gasteiger partial charge in [-0.3, -0.25) is 0 Å². The van der Waals surface area contributed by atoms with E-state index in [2.05, 4.69) is 54.8 Å². The molecule has 0 bridgehead atoms. The predicted molar refractivity (Wildman–Crippen MR) is 76.9 cm³/mol. The average Bonchev–Trinajstić information content (AvgIpc) is 2.34. The van der Waals surface area contributed by atoms with E-state index >= 15 is 0 Å². The quantitative estimate of drug-likeness (QED) is 0.807. The van der Waals surface area contributed by atoms with E-state index in [0.717, 1.165) is 37.7 Å². The zero-order valence-electron chi connectivity index (χ0n) is 12.3. The second-order valence-corrected chi connectivity index (χ2v) is 4.90. The minimum atomic E-state index is 0.483. The molecule has 0 saturated heterocycles. The predicted octanol–water partition coefficient (Wildman–Crippen LogP) is 2.52. The second-order valence-electron chi connectivity index (χ2n) is 4.90. The fourth-order valence-corrected chi connectivity index (χ4v) is 1.79. The number of nitrogens with one attached hydrogen (secondary N) is 1. The number of aryl methyl sites for hydroxylation is 1. The lowest BCUT2D eigenvalue weighted by molar-refractivity contribution is 0.584. The van der Waals surface area contributed by atoms with Crippen LogP contribution < -0.4 is 10.2 Å². The van der Waals surface area contributed by atoms with Crippen LogP contribution in [0.3, 0.4) is 0 Å². The Morgan fingerprint density at radius 3 is 2.56 bits per heavy atom. The number of anilines is 1. The van der Waals surface area contributed by atoms with Crippen molar-refractivity contribution in [3.63, 3.8) is 0 Å². The topological polar surface area (TPSA) is 41.1 Å². The van der Waals surface area contributed by atoms with Crippen LogP contribution in [-0.2, 0) is 6.54 Å². The van der Waals surface area contributed by atoms with Crippen LogP contribution in [-0.4, -0.2) is 29.1 Å². The highest BCUT2D eigenvalue weighted by atomic mass is 15.2. The molecule has 18 heavy (non-hydrogen) atoms. The molecule has 4 nitrogen and oxygen atoms in total. The Bertz CT molecular complexity index is 363. The zero-order valence-corrected chi connectivity index (χ0v) is 12.3. The molecule has 1 N–H and O–H groups in total. The maximum Gasteiger partial charge on any atom is 0.225 e. The fraction of sp³-hybridized carbons (Fsp3) is 0.714. The largest absolute Gasteiger partial charge is 0.341 e. The van der Waals surface area contributed by atoms with E-state index in [1.807, 2.05) is 6.20 Å². The second kappa shape index (κ2) is 7.31. The standard InChI is InChI=1S/C14H26N4/c1-6-8-18(7-2)14-16-10-13(12(5)17-14)9-15-11(3)4/h10-11,15H,6-9H2,1-5H3. The van der Waals surface area contributed by atoms with Gasteiger partial charge in [0.1, 0.15) is 0 Å². The highest BCUT2D eigenvalue weighted by Gasteiger charge is 2.09. The monoisotopic (exact) mass is 250 g/mol. The van der Waals surface area contributed by atoms with Crippen molar-refractivity contribution >= 4 is 5.95 Å². The summed E-state index contributed by atoms with van der Waals surface area (Å²) in [5.41, 5.74) is 2.25. The van der Waals surface area contributed by atoms with Gasteiger partial charge in [-0.15, -0.1) is 0 Å². The van der Waals surface area contributed by atoms with Crippen molar-refractivity contribution < 1.29 is 0 Å². The number of hydrogen-bond acceptors (Lipinski definition) is 4. The van der Waals surface area contributed by atoms with E-state index in [0.29, 0.717) is 6.04 Å². The summed E-state index contributed by atoms with van der Waals surface area (Å²) in [5.74, 6) is 0.852. The van der Waals surface area contributed by atoms with Crippen LogP contribution in [0.25, 0.3) is 0 Å². The fourth-order valence-electron chi connectivity index (χ4n) is 1.79. The molecule has 1 heterocycles. The summed E-state index contributed by atoms with van der Waals surface area (Å²) in [6.45, 7) is 13.5. The van der Waals surface area contributed by atoms with Crippen molar-refractivity contribution in [1.82, 2.24) is 15.3 Å². The smallest absolute Gasteiger partial charge is 0.225 e. The summed E-state index contributed by atoms with van der Waals surface area (Å²) in [4.78, 5) is 11.3. The van der Waals surface area contributed by atoms with Gasteiger partial charge < -0.3 is 10.2 Å². The molecule has 4 heteroatoms. The minimum absolute atomic E-state index is 0.483. The van der Waals surface area contributed by atoms with Crippen LogP contribution in [0.1, 0.15) is 45.4 Å². The van der Waals surface area contributed by atoms with E-state index in [9.17, 15) is 0 Å². The Balaban J connectivity index is 2.77. The van der Waals surface area contributed by atoms with Gasteiger partial charge in [-0.1, -0.05) is 20.8 Å². The lowest BCUT2D eigenvalue weighted by Gasteiger charge is -2.20. The maximum absolute atomic E-state index is 4.62. The van der Waals surface area contributed by atoms with E-state index in [1.54, 1.807) is 0 Å². The molecule has 0 unspecified atom stereocenters. The Morgan fingerprint density at radius 1 is 1.33 bits per heavy atom. The van der Waals surface area contributed by atoms with Crippen LogP contribution >= 0.6 is 0 Å². The minimum Gasteiger partial charge on any atom is -0.341 e. The highest BCUT2D eigenvalue weighted by molar-refractivity contribution is 5.32. The van der Waals surface area contributed by atoms with Crippen LogP contribution in [0.4, 0.5) is 5.95 Å². The number of hydrogen-bond donors (Lipinski definition) is 1. The van der Waals surface area contributed by atoms with Crippen molar-refractivity contribution in [2.45, 2.75) is 53.6 Å². The molecule has 1 aromatic heterocycles. The Labute approximate surface area is 111 Å². The molecule has 0 spiro atoms. The van der Waals surface area contributed by atoms with Gasteiger partial charge >= 0.3 is 0 Å². The van der Waals surface area contributed by atoms with Crippen molar-refractivity contribution in [3.8, 4) is 0 Å². The first-order chi connectivity index (χ1) is 8.58. The van der Waals surface area contributed by atoms with Gasteiger partial charge in [-0.05, 0) is 20.3 Å². The molecule has 0 aliphatic heterocycles. The third-order valence-corrected chi connectivity index (χ3v) is 2.93. The molecule has 0 fully saturated rings. The number of nitrogens with zero attached hydrogens (tertiary/aromatic N) is 3. The van der Waals surface area contributed by atoms with Gasteiger partial charge in [0.2, 0.25) is 5.95 Å². The Kier molecular flexibility index (Phi) is 6.05. The van der Waals surface area contributed by atoms with Gasteiger partial charge in [0.25, 0.3) is 0 Å². The number of rotatable bonds is 7. The Hall–Kier alpha value is -1.16. The third-order valence-electron chi connectivity index (χ3n) is 2.93. The van der Waals surface area contributed by atoms with Crippen molar-refractivity contribution in [1.29, 1.82) is 0 Å². The summed E-state index contributed by atoms with van der Waals surface area (Å²) >= 11 is 0. The molecule has 102 valence electrons. The number of aromatic nitrogens is 2. The van der Waals surface area contributed by atoms with E-state index in [-0.39, 0.29) is 0 Å². The lowest BCUT2D eigenvalue weighted by Crippen LogP contribution is -2.27. The molecule has 0 aliphatic carbocycles. The van der Waals surface area contributed by atoms with Gasteiger partial charge in [-0.25, -0.2) is 9.97 Å². The van der Waals surface area contributed by atoms with E-state index < -0.39 is 0 Å². The zero-order chi connectivity index (χ0) is 13.5. The van der Waals surface area contributed by atoms with E-state index in [4.69, 9.17) is 0 Å². The summed E-state index contributed by atoms with van der Waals surface area (Å²) in [6, 6.07) is 0.483. The molecule has 1 aromatic rings. The molecule has 0 atom stereocenters. The Morgan fingerprint density at radius 2 is 2.06 bits per heavy atom. The summed E-state index contributed by atoms with van der Waals surface area (Å²) < 4.78 is 0. The highest BCUT2D eigenvalue weighted by Crippen LogP contribution is 2.11. The summed E-state index contributed by atoms with van der Waals surface area (Å²) in [7, 11) is 0. The normalized spacial score (nSPS) is 11.0. The molecule has 1 rings (SSSR count). The third kappa shape index (κ3) is 4.26. The summed E-state index contributed by atoms with van der Waals surface area (Å²) in [6.07, 6.45) is 3.07. The first kappa shape index (κ1) is 14.9. The molecule has 0 saturated carbocycles. The van der Waals surface area contributed by atoms with Crippen molar-refractivity contribution in [2.75, 3.05) is 18.0 Å². The van der Waals surface area contributed by atoms with Crippen LogP contribution in [0, 0.1) is 6.92 Å². The van der Waals surface area contributed by atoms with Gasteiger partial charge in [0.05, 0.1) is 0 Å². The lowest BCUT2D eigenvalue weighted by atomic mass is 10.2. The van der Waals surface area contributed by atoms with Crippen LogP contribution in [0.5, 0.6) is 0 Å². The van der Waals surface area contributed by atoms with Gasteiger partial charge in [0.15, 0.2) is 0 Å². The SMILES string of the molecule is CCCN(CC)c1ncc(CNC(C)C)c(C)n1. The van der Waals surface area contributed by atoms with Gasteiger partial charge in [0, 0.05) is 43.1 Å². The molecular formula is C14H26N4. The van der Waals surface area contributed by atoms with Gasteiger partial charge in [-0.2, -0.15) is 0 Å². The molecule has 0 aromatic carbocycles. The summed E-state index contributed by atoms with van der Waals surface area (Å²) in [5, 5.41) is 3.40. The maximum atomic E-state index is 4.62. The van der Waals surface area contributed by atoms with E-state index in [1.165, 1.54) is 5.56 Å². The molecule has 0 amide bonds. The average molecular weight is 250 g/mol.